The fourth-order valence-corrected chi connectivity index (χ4v) is 3.73. The largest absolute Gasteiger partial charge is 0.353 e. The maximum atomic E-state index is 12.9. The normalized spacial score (nSPS) is 16.6. The van der Waals surface area contributed by atoms with Gasteiger partial charge in [0.15, 0.2) is 17.0 Å². The van der Waals surface area contributed by atoms with Crippen LogP contribution >= 0.6 is 0 Å². The Morgan fingerprint density at radius 2 is 1.97 bits per heavy atom. The Morgan fingerprint density at radius 3 is 2.79 bits per heavy atom. The topological polar surface area (TPSA) is 129 Å². The van der Waals surface area contributed by atoms with E-state index in [-0.39, 0.29) is 24.3 Å². The summed E-state index contributed by atoms with van der Waals surface area (Å²) in [5.74, 6) is -0.632. The van der Waals surface area contributed by atoms with Gasteiger partial charge in [-0.05, 0) is 12.5 Å². The first-order valence-corrected chi connectivity index (χ1v) is 9.32. The van der Waals surface area contributed by atoms with E-state index in [0.29, 0.717) is 49.6 Å². The first-order chi connectivity index (χ1) is 14.1. The summed E-state index contributed by atoms with van der Waals surface area (Å²) in [5.41, 5.74) is 2.80. The van der Waals surface area contributed by atoms with E-state index in [0.717, 1.165) is 11.3 Å². The maximum Gasteiger partial charge on any atom is 0.275 e. The molecule has 1 saturated heterocycles. The van der Waals surface area contributed by atoms with Crippen molar-refractivity contribution in [3.8, 4) is 0 Å². The molecule has 11 heteroatoms. The van der Waals surface area contributed by atoms with E-state index >= 15 is 0 Å². The lowest BCUT2D eigenvalue weighted by Gasteiger charge is -2.28. The Labute approximate surface area is 164 Å². The van der Waals surface area contributed by atoms with Gasteiger partial charge in [0.25, 0.3) is 11.8 Å². The van der Waals surface area contributed by atoms with Crippen molar-refractivity contribution in [3.05, 3.63) is 47.2 Å². The second kappa shape index (κ2) is 6.69. The van der Waals surface area contributed by atoms with Crippen LogP contribution in [0.25, 0.3) is 5.65 Å². The van der Waals surface area contributed by atoms with E-state index in [1.807, 2.05) is 0 Å². The number of amides is 3. The number of piperazine rings is 1. The zero-order valence-electron chi connectivity index (χ0n) is 15.5. The monoisotopic (exact) mass is 394 g/mol. The first-order valence-electron chi connectivity index (χ1n) is 9.32. The number of aromatic amines is 1. The third kappa shape index (κ3) is 3.00. The maximum absolute atomic E-state index is 12.9. The highest BCUT2D eigenvalue weighted by Crippen LogP contribution is 2.23. The molecular formula is C18H18N8O3. The van der Waals surface area contributed by atoms with Crippen LogP contribution in [-0.2, 0) is 17.8 Å². The van der Waals surface area contributed by atoms with Gasteiger partial charge in [-0.25, -0.2) is 9.50 Å². The second-order valence-electron chi connectivity index (χ2n) is 7.03. The van der Waals surface area contributed by atoms with Crippen LogP contribution in [0.3, 0.4) is 0 Å². The highest BCUT2D eigenvalue weighted by Gasteiger charge is 2.31. The summed E-state index contributed by atoms with van der Waals surface area (Å²) in [5, 5.41) is 14.1. The molecular weight excluding hydrogens is 376 g/mol. The number of hydrogen-bond donors (Lipinski definition) is 2. The van der Waals surface area contributed by atoms with Gasteiger partial charge in [-0.15, -0.1) is 0 Å². The number of hydrogen-bond acceptors (Lipinski definition) is 6. The number of nitrogens with zero attached hydrogens (tertiary/aromatic N) is 6. The average Bonchev–Trinajstić information content (AvgIpc) is 3.36. The number of nitrogens with one attached hydrogen (secondary N) is 2. The molecule has 148 valence electrons. The zero-order chi connectivity index (χ0) is 20.0. The molecule has 0 aromatic carbocycles. The minimum Gasteiger partial charge on any atom is -0.353 e. The van der Waals surface area contributed by atoms with E-state index in [9.17, 15) is 14.4 Å². The minimum absolute atomic E-state index is 0.0347. The molecule has 3 aromatic rings. The van der Waals surface area contributed by atoms with Gasteiger partial charge in [-0.1, -0.05) is 0 Å². The summed E-state index contributed by atoms with van der Waals surface area (Å²) < 4.78 is 1.56. The second-order valence-corrected chi connectivity index (χ2v) is 7.03. The summed E-state index contributed by atoms with van der Waals surface area (Å²) >= 11 is 0. The molecule has 0 spiro atoms. The predicted octanol–water partition coefficient (Wildman–Crippen LogP) is -0.777. The van der Waals surface area contributed by atoms with Gasteiger partial charge in [0, 0.05) is 43.7 Å². The van der Waals surface area contributed by atoms with Crippen LogP contribution in [0, 0.1) is 0 Å². The summed E-state index contributed by atoms with van der Waals surface area (Å²) in [6.45, 7) is 1.70. The van der Waals surface area contributed by atoms with Gasteiger partial charge in [-0.2, -0.15) is 10.2 Å². The molecule has 3 amide bonds. The van der Waals surface area contributed by atoms with Crippen LogP contribution in [0.2, 0.25) is 0 Å². The van der Waals surface area contributed by atoms with E-state index in [1.54, 1.807) is 33.9 Å². The quantitative estimate of drug-likeness (QED) is 0.587. The van der Waals surface area contributed by atoms with Gasteiger partial charge in [0.2, 0.25) is 5.91 Å². The fourth-order valence-electron chi connectivity index (χ4n) is 3.73. The molecule has 11 nitrogen and oxygen atoms in total. The van der Waals surface area contributed by atoms with E-state index in [4.69, 9.17) is 0 Å². The molecule has 0 atom stereocenters. The van der Waals surface area contributed by atoms with Crippen molar-refractivity contribution in [2.45, 2.75) is 13.0 Å². The number of carbonyl (C=O) groups is 3. The molecule has 29 heavy (non-hydrogen) atoms. The smallest absolute Gasteiger partial charge is 0.275 e. The molecule has 2 aliphatic rings. The van der Waals surface area contributed by atoms with E-state index in [2.05, 4.69) is 25.6 Å². The third-order valence-electron chi connectivity index (χ3n) is 5.20. The van der Waals surface area contributed by atoms with Crippen molar-refractivity contribution in [1.82, 2.24) is 39.9 Å². The van der Waals surface area contributed by atoms with Crippen molar-refractivity contribution >= 4 is 23.4 Å². The molecule has 0 unspecified atom stereocenters. The Hall–Kier alpha value is -3.76. The summed E-state index contributed by atoms with van der Waals surface area (Å²) in [6.07, 6.45) is 3.89. The molecule has 5 heterocycles. The lowest BCUT2D eigenvalue weighted by atomic mass is 10.0. The van der Waals surface area contributed by atoms with Gasteiger partial charge >= 0.3 is 0 Å². The van der Waals surface area contributed by atoms with Gasteiger partial charge < -0.3 is 15.1 Å². The van der Waals surface area contributed by atoms with Gasteiger partial charge in [0.05, 0.1) is 18.8 Å². The van der Waals surface area contributed by atoms with E-state index in [1.165, 1.54) is 4.90 Å². The fraction of sp³-hybridized carbons (Fsp3) is 0.333. The number of H-pyrrole nitrogens is 1. The molecule has 2 N–H and O–H groups in total. The number of aromatic nitrogens is 5. The SMILES string of the molecule is O=C1CN(C(=O)c2n[nH]c3c2CCN(C(=O)c2cc4ncccn4n2)C3)CCN1. The average molecular weight is 394 g/mol. The Kier molecular flexibility index (Phi) is 4.00. The minimum atomic E-state index is -0.261. The van der Waals surface area contributed by atoms with Crippen molar-refractivity contribution in [3.63, 3.8) is 0 Å². The highest BCUT2D eigenvalue weighted by molar-refractivity contribution is 5.97. The lowest BCUT2D eigenvalue weighted by Crippen LogP contribution is -2.50. The molecule has 0 bridgehead atoms. The number of rotatable bonds is 2. The number of carbonyl (C=O) groups excluding carboxylic acids is 3. The van der Waals surface area contributed by atoms with Gasteiger partial charge in [0.1, 0.15) is 0 Å². The Bertz CT molecular complexity index is 1100. The predicted molar refractivity (Wildman–Crippen MR) is 98.9 cm³/mol. The van der Waals surface area contributed by atoms with Crippen molar-refractivity contribution < 1.29 is 14.4 Å². The van der Waals surface area contributed by atoms with Crippen LogP contribution in [0.5, 0.6) is 0 Å². The Balaban J connectivity index is 1.34. The highest BCUT2D eigenvalue weighted by atomic mass is 16.2. The Morgan fingerprint density at radius 1 is 1.10 bits per heavy atom. The van der Waals surface area contributed by atoms with Crippen LogP contribution < -0.4 is 5.32 Å². The van der Waals surface area contributed by atoms with Crippen LogP contribution in [0.4, 0.5) is 0 Å². The molecule has 3 aromatic heterocycles. The zero-order valence-corrected chi connectivity index (χ0v) is 15.5. The van der Waals surface area contributed by atoms with Gasteiger partial charge in [-0.3, -0.25) is 19.5 Å². The summed E-state index contributed by atoms with van der Waals surface area (Å²) in [7, 11) is 0. The van der Waals surface area contributed by atoms with Crippen molar-refractivity contribution in [1.29, 1.82) is 0 Å². The van der Waals surface area contributed by atoms with Crippen molar-refractivity contribution in [2.24, 2.45) is 0 Å². The molecule has 1 fully saturated rings. The summed E-state index contributed by atoms with van der Waals surface area (Å²) in [6, 6.07) is 3.40. The van der Waals surface area contributed by atoms with Crippen molar-refractivity contribution in [2.75, 3.05) is 26.2 Å². The first kappa shape index (κ1) is 17.3. The third-order valence-corrected chi connectivity index (χ3v) is 5.20. The molecule has 2 aliphatic heterocycles. The number of fused-ring (bicyclic) bond motifs is 2. The molecule has 0 aliphatic carbocycles. The van der Waals surface area contributed by atoms with E-state index < -0.39 is 0 Å². The molecule has 0 radical (unpaired) electrons. The van der Waals surface area contributed by atoms with Crippen LogP contribution in [0.1, 0.15) is 32.2 Å². The molecule has 0 saturated carbocycles. The molecule has 5 rings (SSSR count). The van der Waals surface area contributed by atoms with Crippen LogP contribution in [-0.4, -0.2) is 78.5 Å². The summed E-state index contributed by atoms with van der Waals surface area (Å²) in [4.78, 5) is 44.6. The van der Waals surface area contributed by atoms with Crippen LogP contribution in [0.15, 0.2) is 24.5 Å². The standard InChI is InChI=1S/C18H18N8O3/c27-15-10-25(7-4-20-15)18(29)16-11-2-6-24(9-13(11)21-22-16)17(28)12-8-14-19-3-1-5-26(14)23-12/h1,3,5,8H,2,4,6-7,9-10H2,(H,20,27)(H,21,22). The lowest BCUT2D eigenvalue weighted by molar-refractivity contribution is -0.123.